The van der Waals surface area contributed by atoms with Crippen molar-refractivity contribution < 1.29 is 23.9 Å². The molecule has 0 aliphatic rings. The molecular formula is C17H23NO5. The molecule has 1 aromatic rings. The second kappa shape index (κ2) is 10.4. The average molecular weight is 321 g/mol. The molecule has 0 aliphatic heterocycles. The minimum absolute atomic E-state index is 0.199. The van der Waals surface area contributed by atoms with Crippen molar-refractivity contribution in [1.82, 2.24) is 5.32 Å². The molecule has 1 N–H and O–H groups in total. The minimum Gasteiger partial charge on any atom is -0.466 e. The molecule has 1 amide bonds. The van der Waals surface area contributed by atoms with Gasteiger partial charge in [-0.2, -0.15) is 0 Å². The lowest BCUT2D eigenvalue weighted by atomic mass is 10.1. The van der Waals surface area contributed by atoms with E-state index in [0.29, 0.717) is 25.0 Å². The van der Waals surface area contributed by atoms with Crippen molar-refractivity contribution in [1.29, 1.82) is 0 Å². The van der Waals surface area contributed by atoms with Crippen molar-refractivity contribution in [3.63, 3.8) is 0 Å². The summed E-state index contributed by atoms with van der Waals surface area (Å²) in [5, 5.41) is 2.66. The first-order valence-electron chi connectivity index (χ1n) is 7.76. The fourth-order valence-corrected chi connectivity index (χ4v) is 2.01. The van der Waals surface area contributed by atoms with Gasteiger partial charge in [-0.1, -0.05) is 18.2 Å². The normalized spacial score (nSPS) is 11.4. The van der Waals surface area contributed by atoms with Crippen LogP contribution in [0.2, 0.25) is 0 Å². The molecule has 1 rings (SSSR count). The summed E-state index contributed by atoms with van der Waals surface area (Å²) in [6, 6.07) is 7.84. The molecule has 0 saturated heterocycles. The SMILES string of the molecule is CCOC(=O)CCCC(NC(=O)c1ccccc1)C(=O)OCC. The van der Waals surface area contributed by atoms with E-state index >= 15 is 0 Å². The van der Waals surface area contributed by atoms with Gasteiger partial charge in [0.15, 0.2) is 0 Å². The van der Waals surface area contributed by atoms with Crippen LogP contribution in [-0.2, 0) is 19.1 Å². The lowest BCUT2D eigenvalue weighted by molar-refractivity contribution is -0.147. The van der Waals surface area contributed by atoms with E-state index in [4.69, 9.17) is 9.47 Å². The second-order valence-corrected chi connectivity index (χ2v) is 4.84. The van der Waals surface area contributed by atoms with Gasteiger partial charge in [-0.3, -0.25) is 9.59 Å². The van der Waals surface area contributed by atoms with Crippen molar-refractivity contribution in [3.8, 4) is 0 Å². The highest BCUT2D eigenvalue weighted by molar-refractivity contribution is 5.96. The number of ether oxygens (including phenoxy) is 2. The number of carbonyl (C=O) groups is 3. The Hall–Kier alpha value is -2.37. The van der Waals surface area contributed by atoms with Gasteiger partial charge in [0.05, 0.1) is 13.2 Å². The quantitative estimate of drug-likeness (QED) is 0.704. The van der Waals surface area contributed by atoms with E-state index in [1.807, 2.05) is 0 Å². The Morgan fingerprint density at radius 1 is 1.04 bits per heavy atom. The van der Waals surface area contributed by atoms with Gasteiger partial charge >= 0.3 is 11.9 Å². The third-order valence-electron chi connectivity index (χ3n) is 3.09. The largest absolute Gasteiger partial charge is 0.466 e. The predicted octanol–water partition coefficient (Wildman–Crippen LogP) is 2.08. The Morgan fingerprint density at radius 3 is 2.30 bits per heavy atom. The zero-order chi connectivity index (χ0) is 17.1. The van der Waals surface area contributed by atoms with Gasteiger partial charge in [0.2, 0.25) is 0 Å². The first kappa shape index (κ1) is 18.7. The van der Waals surface area contributed by atoms with Crippen LogP contribution in [0, 0.1) is 0 Å². The fourth-order valence-electron chi connectivity index (χ4n) is 2.01. The summed E-state index contributed by atoms with van der Waals surface area (Å²) in [4.78, 5) is 35.4. The molecule has 1 atom stereocenters. The molecule has 0 radical (unpaired) electrons. The zero-order valence-corrected chi connectivity index (χ0v) is 13.5. The first-order valence-corrected chi connectivity index (χ1v) is 7.76. The molecule has 0 fully saturated rings. The Morgan fingerprint density at radius 2 is 1.70 bits per heavy atom. The molecule has 0 aromatic heterocycles. The van der Waals surface area contributed by atoms with Crippen LogP contribution in [-0.4, -0.2) is 37.1 Å². The van der Waals surface area contributed by atoms with Gasteiger partial charge in [0.25, 0.3) is 5.91 Å². The van der Waals surface area contributed by atoms with Crippen LogP contribution in [0.15, 0.2) is 30.3 Å². The highest BCUT2D eigenvalue weighted by Crippen LogP contribution is 2.07. The van der Waals surface area contributed by atoms with Crippen molar-refractivity contribution in [2.45, 2.75) is 39.2 Å². The van der Waals surface area contributed by atoms with Gasteiger partial charge in [0.1, 0.15) is 6.04 Å². The molecular weight excluding hydrogens is 298 g/mol. The highest BCUT2D eigenvalue weighted by atomic mass is 16.5. The number of rotatable bonds is 9. The van der Waals surface area contributed by atoms with E-state index in [9.17, 15) is 14.4 Å². The zero-order valence-electron chi connectivity index (χ0n) is 13.5. The van der Waals surface area contributed by atoms with Crippen LogP contribution in [0.1, 0.15) is 43.5 Å². The monoisotopic (exact) mass is 321 g/mol. The number of hydrogen-bond donors (Lipinski definition) is 1. The van der Waals surface area contributed by atoms with Gasteiger partial charge in [-0.25, -0.2) is 4.79 Å². The summed E-state index contributed by atoms with van der Waals surface area (Å²) in [7, 11) is 0. The van der Waals surface area contributed by atoms with E-state index in [-0.39, 0.29) is 24.9 Å². The summed E-state index contributed by atoms with van der Waals surface area (Å²) in [6.45, 7) is 3.99. The van der Waals surface area contributed by atoms with Crippen LogP contribution in [0.5, 0.6) is 0 Å². The lowest BCUT2D eigenvalue weighted by Gasteiger charge is -2.17. The smallest absolute Gasteiger partial charge is 0.328 e. The Bertz CT molecular complexity index is 515. The number of hydrogen-bond acceptors (Lipinski definition) is 5. The maximum Gasteiger partial charge on any atom is 0.328 e. The number of carbonyl (C=O) groups excluding carboxylic acids is 3. The second-order valence-electron chi connectivity index (χ2n) is 4.84. The topological polar surface area (TPSA) is 81.7 Å². The highest BCUT2D eigenvalue weighted by Gasteiger charge is 2.22. The van der Waals surface area contributed by atoms with Crippen molar-refractivity contribution >= 4 is 17.8 Å². The Balaban J connectivity index is 2.60. The molecule has 6 heteroatoms. The third-order valence-corrected chi connectivity index (χ3v) is 3.09. The summed E-state index contributed by atoms with van der Waals surface area (Å²) in [5.41, 5.74) is 0.465. The number of nitrogens with one attached hydrogen (secondary N) is 1. The fraction of sp³-hybridized carbons (Fsp3) is 0.471. The van der Waals surface area contributed by atoms with E-state index < -0.39 is 12.0 Å². The van der Waals surface area contributed by atoms with E-state index in [1.165, 1.54) is 0 Å². The van der Waals surface area contributed by atoms with E-state index in [0.717, 1.165) is 0 Å². The molecule has 0 heterocycles. The third kappa shape index (κ3) is 6.95. The molecule has 126 valence electrons. The standard InChI is InChI=1S/C17H23NO5/c1-3-22-15(19)12-8-11-14(17(21)23-4-2)18-16(20)13-9-6-5-7-10-13/h5-7,9-10,14H,3-4,8,11-12H2,1-2H3,(H,18,20). The van der Waals surface area contributed by atoms with E-state index in [2.05, 4.69) is 5.32 Å². The minimum atomic E-state index is -0.780. The van der Waals surface area contributed by atoms with Crippen LogP contribution < -0.4 is 5.32 Å². The van der Waals surface area contributed by atoms with Gasteiger partial charge in [0, 0.05) is 12.0 Å². The Labute approximate surface area is 136 Å². The Kier molecular flexibility index (Phi) is 8.42. The molecule has 1 unspecified atom stereocenters. The summed E-state index contributed by atoms with van der Waals surface area (Å²) < 4.78 is 9.82. The molecule has 1 aromatic carbocycles. The molecule has 0 spiro atoms. The van der Waals surface area contributed by atoms with Crippen LogP contribution in [0.3, 0.4) is 0 Å². The van der Waals surface area contributed by atoms with E-state index in [1.54, 1.807) is 44.2 Å². The van der Waals surface area contributed by atoms with Gasteiger partial charge < -0.3 is 14.8 Å². The molecule has 0 aliphatic carbocycles. The van der Waals surface area contributed by atoms with Crippen LogP contribution >= 0.6 is 0 Å². The summed E-state index contributed by atoms with van der Waals surface area (Å²) in [6.07, 6.45) is 0.943. The van der Waals surface area contributed by atoms with Crippen molar-refractivity contribution in [2.24, 2.45) is 0 Å². The predicted molar refractivity (Wildman–Crippen MR) is 84.8 cm³/mol. The van der Waals surface area contributed by atoms with Crippen molar-refractivity contribution in [3.05, 3.63) is 35.9 Å². The van der Waals surface area contributed by atoms with Crippen LogP contribution in [0.4, 0.5) is 0 Å². The van der Waals surface area contributed by atoms with Crippen molar-refractivity contribution in [2.75, 3.05) is 13.2 Å². The average Bonchev–Trinajstić information content (AvgIpc) is 2.55. The number of esters is 2. The van der Waals surface area contributed by atoms with Crippen LogP contribution in [0.25, 0.3) is 0 Å². The van der Waals surface area contributed by atoms with Gasteiger partial charge in [-0.15, -0.1) is 0 Å². The maximum atomic E-state index is 12.2. The molecule has 6 nitrogen and oxygen atoms in total. The van der Waals surface area contributed by atoms with Gasteiger partial charge in [-0.05, 0) is 38.8 Å². The summed E-state index contributed by atoms with van der Waals surface area (Å²) >= 11 is 0. The maximum absolute atomic E-state index is 12.2. The first-order chi connectivity index (χ1) is 11.1. The molecule has 0 saturated carbocycles. The summed E-state index contributed by atoms with van der Waals surface area (Å²) in [5.74, 6) is -1.16. The lowest BCUT2D eigenvalue weighted by Crippen LogP contribution is -2.42. The molecule has 0 bridgehead atoms. The number of amides is 1. The number of benzene rings is 1. The molecule has 23 heavy (non-hydrogen) atoms.